The molecule has 0 aliphatic carbocycles. The first-order valence-corrected chi connectivity index (χ1v) is 10.4. The molecular formula is C26H24N2O5. The summed E-state index contributed by atoms with van der Waals surface area (Å²) >= 11 is 0. The van der Waals surface area contributed by atoms with Gasteiger partial charge in [0, 0.05) is 36.1 Å². The van der Waals surface area contributed by atoms with Crippen molar-refractivity contribution in [3.8, 4) is 11.5 Å². The Hall–Kier alpha value is -4.13. The number of aromatic nitrogens is 1. The highest BCUT2D eigenvalue weighted by Gasteiger charge is 2.47. The van der Waals surface area contributed by atoms with Crippen molar-refractivity contribution in [2.75, 3.05) is 14.2 Å². The first-order chi connectivity index (χ1) is 15.9. The third-order valence-corrected chi connectivity index (χ3v) is 5.68. The lowest BCUT2D eigenvalue weighted by molar-refractivity contribution is -0.140. The van der Waals surface area contributed by atoms with Crippen molar-refractivity contribution in [1.82, 2.24) is 9.88 Å². The van der Waals surface area contributed by atoms with Crippen LogP contribution in [0.1, 0.15) is 28.3 Å². The quantitative estimate of drug-likeness (QED) is 0.351. The van der Waals surface area contributed by atoms with Gasteiger partial charge in [0.25, 0.3) is 11.7 Å². The van der Waals surface area contributed by atoms with Gasteiger partial charge in [-0.05, 0) is 30.7 Å². The molecule has 7 heteroatoms. The largest absolute Gasteiger partial charge is 0.507 e. The maximum atomic E-state index is 13.2. The second kappa shape index (κ2) is 9.16. The third-order valence-electron chi connectivity index (χ3n) is 5.68. The molecule has 1 N–H and O–H groups in total. The Labute approximate surface area is 191 Å². The maximum Gasteiger partial charge on any atom is 0.295 e. The second-order valence-corrected chi connectivity index (χ2v) is 7.76. The zero-order valence-corrected chi connectivity index (χ0v) is 18.6. The number of Topliss-reactive ketones (excluding diaryl/α,β-unsaturated/α-hetero) is 1. The number of rotatable bonds is 6. The Balaban J connectivity index is 1.91. The van der Waals surface area contributed by atoms with Crippen LogP contribution in [0.15, 0.2) is 72.6 Å². The molecular weight excluding hydrogens is 420 g/mol. The number of methoxy groups -OCH3 is 2. The minimum Gasteiger partial charge on any atom is -0.507 e. The monoisotopic (exact) mass is 444 g/mol. The molecule has 0 spiro atoms. The number of aliphatic hydroxyl groups is 1. The van der Waals surface area contributed by atoms with Gasteiger partial charge in [-0.1, -0.05) is 35.9 Å². The van der Waals surface area contributed by atoms with E-state index < -0.39 is 17.7 Å². The van der Waals surface area contributed by atoms with Crippen molar-refractivity contribution in [2.45, 2.75) is 19.5 Å². The second-order valence-electron chi connectivity index (χ2n) is 7.76. The molecule has 1 aliphatic heterocycles. The summed E-state index contributed by atoms with van der Waals surface area (Å²) in [5, 5.41) is 11.2. The van der Waals surface area contributed by atoms with Crippen molar-refractivity contribution in [2.24, 2.45) is 0 Å². The van der Waals surface area contributed by atoms with Crippen molar-refractivity contribution >= 4 is 17.4 Å². The van der Waals surface area contributed by atoms with Gasteiger partial charge in [-0.3, -0.25) is 14.6 Å². The number of aryl methyl sites for hydroxylation is 1. The number of hydrogen-bond donors (Lipinski definition) is 1. The molecule has 33 heavy (non-hydrogen) atoms. The molecule has 0 unspecified atom stereocenters. The topological polar surface area (TPSA) is 89.0 Å². The fraction of sp³-hybridized carbons (Fsp3) is 0.192. The molecule has 4 rings (SSSR count). The molecule has 3 aromatic rings. The number of nitrogens with zero attached hydrogens (tertiary/aromatic N) is 2. The predicted molar refractivity (Wildman–Crippen MR) is 123 cm³/mol. The highest BCUT2D eigenvalue weighted by atomic mass is 16.5. The number of carbonyl (C=O) groups is 2. The van der Waals surface area contributed by atoms with Crippen LogP contribution in [0.4, 0.5) is 0 Å². The average molecular weight is 444 g/mol. The summed E-state index contributed by atoms with van der Waals surface area (Å²) < 4.78 is 10.9. The molecule has 1 saturated heterocycles. The first-order valence-electron chi connectivity index (χ1n) is 10.4. The van der Waals surface area contributed by atoms with Crippen molar-refractivity contribution in [1.29, 1.82) is 0 Å². The lowest BCUT2D eigenvalue weighted by Gasteiger charge is -2.26. The highest BCUT2D eigenvalue weighted by Crippen LogP contribution is 2.44. The average Bonchev–Trinajstić information content (AvgIpc) is 3.09. The number of hydrogen-bond acceptors (Lipinski definition) is 6. The van der Waals surface area contributed by atoms with Crippen LogP contribution in [-0.4, -0.2) is 40.9 Å². The molecule has 2 heterocycles. The summed E-state index contributed by atoms with van der Waals surface area (Å²) in [6.45, 7) is 2.07. The third kappa shape index (κ3) is 4.17. The van der Waals surface area contributed by atoms with Crippen LogP contribution < -0.4 is 9.47 Å². The lowest BCUT2D eigenvalue weighted by Crippen LogP contribution is -2.29. The molecule has 1 atom stereocenters. The smallest absolute Gasteiger partial charge is 0.295 e. The fourth-order valence-electron chi connectivity index (χ4n) is 3.97. The van der Waals surface area contributed by atoms with E-state index in [4.69, 9.17) is 9.47 Å². The van der Waals surface area contributed by atoms with Crippen molar-refractivity contribution in [3.63, 3.8) is 0 Å². The Morgan fingerprint density at radius 1 is 1.06 bits per heavy atom. The first kappa shape index (κ1) is 22.1. The Kier molecular flexibility index (Phi) is 6.13. The van der Waals surface area contributed by atoms with E-state index in [1.165, 1.54) is 12.0 Å². The zero-order valence-electron chi connectivity index (χ0n) is 18.6. The Bertz CT molecular complexity index is 1220. The SMILES string of the molecule is COc1ccc([C@@H]2/C(=C(\O)c3ccc(C)cc3)C(=O)C(=O)N2Cc2cccnc2)c(OC)c1. The molecule has 1 amide bonds. The fourth-order valence-corrected chi connectivity index (χ4v) is 3.97. The highest BCUT2D eigenvalue weighted by molar-refractivity contribution is 6.46. The summed E-state index contributed by atoms with van der Waals surface area (Å²) in [7, 11) is 3.05. The van der Waals surface area contributed by atoms with Gasteiger partial charge < -0.3 is 19.5 Å². The number of likely N-dealkylation sites (tertiary alicyclic amines) is 1. The van der Waals surface area contributed by atoms with Crippen LogP contribution in [0.3, 0.4) is 0 Å². The molecule has 1 aliphatic rings. The van der Waals surface area contributed by atoms with E-state index in [2.05, 4.69) is 4.98 Å². The molecule has 0 bridgehead atoms. The number of benzene rings is 2. The van der Waals surface area contributed by atoms with Crippen LogP contribution in [-0.2, 0) is 16.1 Å². The van der Waals surface area contributed by atoms with Gasteiger partial charge >= 0.3 is 0 Å². The maximum absolute atomic E-state index is 13.2. The Morgan fingerprint density at radius 2 is 1.82 bits per heavy atom. The predicted octanol–water partition coefficient (Wildman–Crippen LogP) is 4.03. The Morgan fingerprint density at radius 3 is 2.45 bits per heavy atom. The summed E-state index contributed by atoms with van der Waals surface area (Å²) in [4.78, 5) is 31.9. The molecule has 168 valence electrons. The van der Waals surface area contributed by atoms with Crippen molar-refractivity contribution < 1.29 is 24.2 Å². The minimum atomic E-state index is -0.854. The molecule has 1 fully saturated rings. The number of carbonyl (C=O) groups excluding carboxylic acids is 2. The number of ketones is 1. The van der Waals surface area contributed by atoms with E-state index in [-0.39, 0.29) is 17.9 Å². The van der Waals surface area contributed by atoms with Gasteiger partial charge in [-0.15, -0.1) is 0 Å². The van der Waals surface area contributed by atoms with Crippen LogP contribution in [0.25, 0.3) is 5.76 Å². The lowest BCUT2D eigenvalue weighted by atomic mass is 9.94. The van der Waals surface area contributed by atoms with Crippen LogP contribution in [0.5, 0.6) is 11.5 Å². The van der Waals surface area contributed by atoms with E-state index in [0.29, 0.717) is 22.6 Å². The van der Waals surface area contributed by atoms with Crippen LogP contribution in [0.2, 0.25) is 0 Å². The van der Waals surface area contributed by atoms with Gasteiger partial charge in [0.05, 0.1) is 25.8 Å². The molecule has 2 aromatic carbocycles. The summed E-state index contributed by atoms with van der Waals surface area (Å²) in [6.07, 6.45) is 3.28. The summed E-state index contributed by atoms with van der Waals surface area (Å²) in [5.41, 5.74) is 2.80. The zero-order chi connectivity index (χ0) is 23.5. The van der Waals surface area contributed by atoms with Crippen LogP contribution >= 0.6 is 0 Å². The van der Waals surface area contributed by atoms with Gasteiger partial charge in [-0.2, -0.15) is 0 Å². The molecule has 0 saturated carbocycles. The summed E-state index contributed by atoms with van der Waals surface area (Å²) in [6, 6.07) is 15.0. The molecule has 7 nitrogen and oxygen atoms in total. The van der Waals surface area contributed by atoms with Gasteiger partial charge in [0.15, 0.2) is 0 Å². The van der Waals surface area contributed by atoms with E-state index >= 15 is 0 Å². The van der Waals surface area contributed by atoms with E-state index in [1.807, 2.05) is 25.1 Å². The van der Waals surface area contributed by atoms with E-state index in [1.54, 1.807) is 55.9 Å². The van der Waals surface area contributed by atoms with E-state index in [9.17, 15) is 14.7 Å². The normalized spacial score (nSPS) is 17.3. The number of pyridine rings is 1. The molecule has 1 aromatic heterocycles. The standard InChI is InChI=1S/C26H24N2O5/c1-16-6-8-18(9-7-16)24(29)22-23(20-11-10-19(32-2)13-21(20)33-3)28(26(31)25(22)30)15-17-5-4-12-27-14-17/h4-14,23,29H,15H2,1-3H3/b24-22+/t23-/m1/s1. The van der Waals surface area contributed by atoms with Gasteiger partial charge in [0.2, 0.25) is 0 Å². The van der Waals surface area contributed by atoms with Gasteiger partial charge in [-0.25, -0.2) is 0 Å². The number of amides is 1. The minimum absolute atomic E-state index is 0.0104. The summed E-state index contributed by atoms with van der Waals surface area (Å²) in [5.74, 6) is -0.675. The van der Waals surface area contributed by atoms with E-state index in [0.717, 1.165) is 11.1 Å². The molecule has 0 radical (unpaired) electrons. The van der Waals surface area contributed by atoms with Crippen LogP contribution in [0, 0.1) is 6.92 Å². The van der Waals surface area contributed by atoms with Gasteiger partial charge in [0.1, 0.15) is 17.3 Å². The number of aliphatic hydroxyl groups excluding tert-OH is 1. The van der Waals surface area contributed by atoms with Crippen molar-refractivity contribution in [3.05, 3.63) is 94.8 Å². The number of ether oxygens (including phenoxy) is 2.